The molecule has 23 heavy (non-hydrogen) atoms. The van der Waals surface area contributed by atoms with Crippen LogP contribution in [0.15, 0.2) is 24.3 Å². The van der Waals surface area contributed by atoms with E-state index in [1.54, 1.807) is 12.1 Å². The minimum atomic E-state index is -0.251. The van der Waals surface area contributed by atoms with Crippen molar-refractivity contribution in [3.05, 3.63) is 30.1 Å². The molecule has 0 amide bonds. The van der Waals surface area contributed by atoms with E-state index in [1.165, 1.54) is 12.1 Å². The van der Waals surface area contributed by atoms with Crippen LogP contribution < -0.4 is 4.74 Å². The average Bonchev–Trinajstić information content (AvgIpc) is 2.57. The lowest BCUT2D eigenvalue weighted by molar-refractivity contribution is -0.149. The SMILES string of the molecule is CCOC(=O)[C@H]1CCCN(CCCCOc2ccc(F)cc2)C1. The first-order valence-corrected chi connectivity index (χ1v) is 8.46. The monoisotopic (exact) mass is 323 g/mol. The number of unbranched alkanes of at least 4 members (excludes halogenated alkanes) is 1. The second kappa shape index (κ2) is 9.50. The molecule has 1 aliphatic heterocycles. The van der Waals surface area contributed by atoms with Crippen LogP contribution in [0.2, 0.25) is 0 Å². The van der Waals surface area contributed by atoms with Crippen molar-refractivity contribution in [1.29, 1.82) is 0 Å². The molecule has 0 bridgehead atoms. The smallest absolute Gasteiger partial charge is 0.310 e. The van der Waals surface area contributed by atoms with E-state index < -0.39 is 0 Å². The van der Waals surface area contributed by atoms with Crippen LogP contribution in [0.5, 0.6) is 5.75 Å². The Hall–Kier alpha value is -1.62. The number of hydrogen-bond donors (Lipinski definition) is 0. The van der Waals surface area contributed by atoms with E-state index in [1.807, 2.05) is 6.92 Å². The Morgan fingerprint density at radius 1 is 1.30 bits per heavy atom. The van der Waals surface area contributed by atoms with E-state index in [-0.39, 0.29) is 17.7 Å². The lowest BCUT2D eigenvalue weighted by atomic mass is 9.98. The summed E-state index contributed by atoms with van der Waals surface area (Å²) in [7, 11) is 0. The topological polar surface area (TPSA) is 38.8 Å². The number of ether oxygens (including phenoxy) is 2. The molecule has 0 unspecified atom stereocenters. The predicted molar refractivity (Wildman–Crippen MR) is 86.9 cm³/mol. The first-order chi connectivity index (χ1) is 11.2. The second-order valence-electron chi connectivity index (χ2n) is 5.90. The summed E-state index contributed by atoms with van der Waals surface area (Å²) in [5.41, 5.74) is 0. The number of nitrogens with zero attached hydrogens (tertiary/aromatic N) is 1. The van der Waals surface area contributed by atoms with Crippen LogP contribution in [0, 0.1) is 11.7 Å². The van der Waals surface area contributed by atoms with Gasteiger partial charge in [0.25, 0.3) is 0 Å². The molecule has 0 aliphatic carbocycles. The highest BCUT2D eigenvalue weighted by molar-refractivity contribution is 5.72. The molecule has 0 aromatic heterocycles. The maximum absolute atomic E-state index is 12.8. The Bertz CT molecular complexity index is 478. The van der Waals surface area contributed by atoms with Crippen molar-refractivity contribution >= 4 is 5.97 Å². The molecule has 1 fully saturated rings. The second-order valence-corrected chi connectivity index (χ2v) is 5.90. The summed E-state index contributed by atoms with van der Waals surface area (Å²) in [4.78, 5) is 14.1. The van der Waals surface area contributed by atoms with Gasteiger partial charge in [0.05, 0.1) is 19.1 Å². The van der Waals surface area contributed by atoms with Gasteiger partial charge in [-0.15, -0.1) is 0 Å². The number of piperidine rings is 1. The maximum Gasteiger partial charge on any atom is 0.310 e. The molecule has 4 nitrogen and oxygen atoms in total. The van der Waals surface area contributed by atoms with Crippen molar-refractivity contribution in [2.45, 2.75) is 32.6 Å². The minimum Gasteiger partial charge on any atom is -0.494 e. The zero-order valence-corrected chi connectivity index (χ0v) is 13.8. The molecule has 1 aliphatic rings. The van der Waals surface area contributed by atoms with E-state index in [0.29, 0.717) is 19.0 Å². The molecule has 1 atom stereocenters. The van der Waals surface area contributed by atoms with Gasteiger partial charge in [-0.1, -0.05) is 0 Å². The quantitative estimate of drug-likeness (QED) is 0.544. The van der Waals surface area contributed by atoms with Gasteiger partial charge in [-0.3, -0.25) is 4.79 Å². The van der Waals surface area contributed by atoms with Gasteiger partial charge in [0.15, 0.2) is 0 Å². The van der Waals surface area contributed by atoms with Crippen molar-refractivity contribution < 1.29 is 18.7 Å². The third kappa shape index (κ3) is 6.18. The lowest BCUT2D eigenvalue weighted by Gasteiger charge is -2.31. The van der Waals surface area contributed by atoms with Gasteiger partial charge >= 0.3 is 5.97 Å². The predicted octanol–water partition coefficient (Wildman–Crippen LogP) is 3.26. The highest BCUT2D eigenvalue weighted by Gasteiger charge is 2.26. The fraction of sp³-hybridized carbons (Fsp3) is 0.611. The highest BCUT2D eigenvalue weighted by atomic mass is 19.1. The minimum absolute atomic E-state index is 0.0270. The average molecular weight is 323 g/mol. The third-order valence-corrected chi connectivity index (χ3v) is 4.08. The van der Waals surface area contributed by atoms with Crippen LogP contribution in [0.25, 0.3) is 0 Å². The number of likely N-dealkylation sites (tertiary alicyclic amines) is 1. The number of esters is 1. The van der Waals surface area contributed by atoms with E-state index in [2.05, 4.69) is 4.90 Å². The van der Waals surface area contributed by atoms with Crippen LogP contribution in [0.4, 0.5) is 4.39 Å². The van der Waals surface area contributed by atoms with Gasteiger partial charge in [-0.2, -0.15) is 0 Å². The first kappa shape index (κ1) is 17.7. The van der Waals surface area contributed by atoms with Gasteiger partial charge in [0, 0.05) is 6.54 Å². The fourth-order valence-electron chi connectivity index (χ4n) is 2.87. The van der Waals surface area contributed by atoms with Gasteiger partial charge in [-0.05, 0) is 70.0 Å². The molecule has 1 heterocycles. The number of halogens is 1. The lowest BCUT2D eigenvalue weighted by Crippen LogP contribution is -2.39. The number of benzene rings is 1. The first-order valence-electron chi connectivity index (χ1n) is 8.46. The summed E-state index contributed by atoms with van der Waals surface area (Å²) >= 11 is 0. The molecular formula is C18H26FNO3. The Balaban J connectivity index is 1.60. The summed E-state index contributed by atoms with van der Waals surface area (Å²) in [5.74, 6) is 0.418. The van der Waals surface area contributed by atoms with Crippen molar-refractivity contribution in [3.63, 3.8) is 0 Å². The van der Waals surface area contributed by atoms with Crippen LogP contribution in [-0.4, -0.2) is 43.7 Å². The van der Waals surface area contributed by atoms with E-state index in [4.69, 9.17) is 9.47 Å². The summed E-state index contributed by atoms with van der Waals surface area (Å²) in [5, 5.41) is 0. The summed E-state index contributed by atoms with van der Waals surface area (Å²) < 4.78 is 23.5. The molecule has 0 saturated carbocycles. The molecule has 0 N–H and O–H groups in total. The Morgan fingerprint density at radius 2 is 2.09 bits per heavy atom. The van der Waals surface area contributed by atoms with Crippen molar-refractivity contribution in [2.24, 2.45) is 5.92 Å². The van der Waals surface area contributed by atoms with Crippen molar-refractivity contribution in [3.8, 4) is 5.75 Å². The standard InChI is InChI=1S/C18H26FNO3/c1-2-22-18(21)15-6-5-12-20(14-15)11-3-4-13-23-17-9-7-16(19)8-10-17/h7-10,15H,2-6,11-14H2,1H3/t15-/m0/s1. The molecular weight excluding hydrogens is 297 g/mol. The van der Waals surface area contributed by atoms with Crippen LogP contribution >= 0.6 is 0 Å². The largest absolute Gasteiger partial charge is 0.494 e. The maximum atomic E-state index is 12.8. The Morgan fingerprint density at radius 3 is 2.83 bits per heavy atom. The molecule has 0 spiro atoms. The van der Waals surface area contributed by atoms with E-state index in [9.17, 15) is 9.18 Å². The van der Waals surface area contributed by atoms with Gasteiger partial charge < -0.3 is 14.4 Å². The van der Waals surface area contributed by atoms with Gasteiger partial charge in [-0.25, -0.2) is 4.39 Å². The molecule has 1 aromatic rings. The molecule has 0 radical (unpaired) electrons. The van der Waals surface area contributed by atoms with Crippen LogP contribution in [0.1, 0.15) is 32.6 Å². The Kier molecular flexibility index (Phi) is 7.33. The van der Waals surface area contributed by atoms with Crippen LogP contribution in [0.3, 0.4) is 0 Å². The van der Waals surface area contributed by atoms with Crippen molar-refractivity contribution in [2.75, 3.05) is 32.8 Å². The normalized spacial score (nSPS) is 18.6. The molecule has 128 valence electrons. The molecule has 1 saturated heterocycles. The van der Waals surface area contributed by atoms with Gasteiger partial charge in [0.2, 0.25) is 0 Å². The number of carbonyl (C=O) groups is 1. The highest BCUT2D eigenvalue weighted by Crippen LogP contribution is 2.18. The zero-order valence-electron chi connectivity index (χ0n) is 13.8. The van der Waals surface area contributed by atoms with Gasteiger partial charge in [0.1, 0.15) is 11.6 Å². The fourth-order valence-corrected chi connectivity index (χ4v) is 2.87. The molecule has 2 rings (SSSR count). The summed E-state index contributed by atoms with van der Waals surface area (Å²) in [6.07, 6.45) is 3.95. The van der Waals surface area contributed by atoms with Crippen LogP contribution in [-0.2, 0) is 9.53 Å². The number of rotatable bonds is 8. The molecule has 1 aromatic carbocycles. The number of hydrogen-bond acceptors (Lipinski definition) is 4. The summed E-state index contributed by atoms with van der Waals surface area (Å²) in [6.45, 7) is 5.76. The zero-order chi connectivity index (χ0) is 16.5. The Labute approximate surface area is 137 Å². The number of carbonyl (C=O) groups excluding carboxylic acids is 1. The third-order valence-electron chi connectivity index (χ3n) is 4.08. The van der Waals surface area contributed by atoms with Crippen molar-refractivity contribution in [1.82, 2.24) is 4.90 Å². The summed E-state index contributed by atoms with van der Waals surface area (Å²) in [6, 6.07) is 6.09. The van der Waals surface area contributed by atoms with E-state index >= 15 is 0 Å². The molecule has 5 heteroatoms. The van der Waals surface area contributed by atoms with E-state index in [0.717, 1.165) is 45.3 Å².